The van der Waals surface area contributed by atoms with E-state index in [1.54, 1.807) is 23.9 Å². The highest BCUT2D eigenvalue weighted by atomic mass is 32.1. The average molecular weight is 328 g/mol. The first-order valence-corrected chi connectivity index (χ1v) is 8.31. The van der Waals surface area contributed by atoms with Gasteiger partial charge >= 0.3 is 0 Å². The van der Waals surface area contributed by atoms with Crippen molar-refractivity contribution in [3.05, 3.63) is 41.6 Å². The molecule has 3 aromatic rings. The lowest BCUT2D eigenvalue weighted by Crippen LogP contribution is -2.37. The number of aromatic nitrogens is 2. The van der Waals surface area contributed by atoms with Gasteiger partial charge in [-0.15, -0.1) is 11.3 Å². The highest BCUT2D eigenvalue weighted by Crippen LogP contribution is 2.37. The summed E-state index contributed by atoms with van der Waals surface area (Å²) in [6.07, 6.45) is 6.09. The Bertz CT molecular complexity index is 814. The van der Waals surface area contributed by atoms with Gasteiger partial charge in [0.1, 0.15) is 35.0 Å². The molecule has 1 aliphatic rings. The molecule has 0 saturated carbocycles. The van der Waals surface area contributed by atoms with Crippen LogP contribution in [0.4, 0.5) is 5.69 Å². The normalized spacial score (nSPS) is 17.7. The molecule has 4 heterocycles. The predicted octanol–water partition coefficient (Wildman–Crippen LogP) is 2.62. The van der Waals surface area contributed by atoms with Crippen LogP contribution in [0, 0.1) is 0 Å². The monoisotopic (exact) mass is 328 g/mol. The number of thiophene rings is 1. The van der Waals surface area contributed by atoms with Gasteiger partial charge in [-0.1, -0.05) is 0 Å². The van der Waals surface area contributed by atoms with Crippen molar-refractivity contribution in [1.82, 2.24) is 14.9 Å². The Balaban J connectivity index is 1.76. The topological polar surface area (TPSA) is 85.2 Å². The lowest BCUT2D eigenvalue weighted by Gasteiger charge is -2.32. The van der Waals surface area contributed by atoms with Crippen molar-refractivity contribution in [2.45, 2.75) is 18.9 Å². The zero-order valence-corrected chi connectivity index (χ0v) is 13.3. The summed E-state index contributed by atoms with van der Waals surface area (Å²) < 4.78 is 5.68. The summed E-state index contributed by atoms with van der Waals surface area (Å²) in [6.45, 7) is 1.45. The van der Waals surface area contributed by atoms with Gasteiger partial charge < -0.3 is 10.2 Å². The molecule has 0 aliphatic carbocycles. The zero-order chi connectivity index (χ0) is 15.8. The number of hydrogen-bond donors (Lipinski definition) is 1. The molecule has 0 bridgehead atoms. The second-order valence-electron chi connectivity index (χ2n) is 5.69. The van der Waals surface area contributed by atoms with Crippen molar-refractivity contribution in [3.63, 3.8) is 0 Å². The van der Waals surface area contributed by atoms with Crippen LogP contribution in [0.2, 0.25) is 0 Å². The molecule has 2 N–H and O–H groups in total. The molecule has 7 heteroatoms. The summed E-state index contributed by atoms with van der Waals surface area (Å²) in [6, 6.07) is 3.91. The Morgan fingerprint density at radius 2 is 2.13 bits per heavy atom. The minimum Gasteiger partial charge on any atom is -0.465 e. The van der Waals surface area contributed by atoms with Gasteiger partial charge in [-0.2, -0.15) is 0 Å². The molecule has 1 unspecified atom stereocenters. The number of nitrogens with two attached hydrogens (primary N) is 1. The van der Waals surface area contributed by atoms with E-state index in [-0.39, 0.29) is 6.04 Å². The van der Waals surface area contributed by atoms with E-state index < -0.39 is 0 Å². The van der Waals surface area contributed by atoms with E-state index in [1.807, 2.05) is 12.3 Å². The summed E-state index contributed by atoms with van der Waals surface area (Å²) in [7, 11) is 0. The second-order valence-corrected chi connectivity index (χ2v) is 6.75. The summed E-state index contributed by atoms with van der Waals surface area (Å²) in [5, 5.41) is 1.02. The Morgan fingerprint density at radius 1 is 1.30 bits per heavy atom. The molecule has 3 aromatic heterocycles. The molecule has 0 spiro atoms. The third kappa shape index (κ3) is 2.73. The number of fused-ring (bicyclic) bond motifs is 1. The summed E-state index contributed by atoms with van der Waals surface area (Å²) in [4.78, 5) is 24.3. The van der Waals surface area contributed by atoms with Crippen LogP contribution in [-0.4, -0.2) is 33.7 Å². The molecule has 118 valence electrons. The number of piperidine rings is 1. The minimum atomic E-state index is -0.0420. The fourth-order valence-corrected chi connectivity index (χ4v) is 4.10. The number of furan rings is 1. The van der Waals surface area contributed by atoms with Crippen molar-refractivity contribution >= 4 is 33.0 Å². The van der Waals surface area contributed by atoms with Crippen molar-refractivity contribution in [1.29, 1.82) is 0 Å². The molecule has 23 heavy (non-hydrogen) atoms. The van der Waals surface area contributed by atoms with Crippen LogP contribution >= 0.6 is 11.3 Å². The number of nitrogen functional groups attached to an aromatic ring is 1. The lowest BCUT2D eigenvalue weighted by molar-refractivity contribution is -0.121. The maximum absolute atomic E-state index is 11.6. The van der Waals surface area contributed by atoms with E-state index in [0.29, 0.717) is 24.3 Å². The first kappa shape index (κ1) is 14.3. The van der Waals surface area contributed by atoms with Gasteiger partial charge in [-0.05, 0) is 6.07 Å². The van der Waals surface area contributed by atoms with Gasteiger partial charge in [0.25, 0.3) is 0 Å². The van der Waals surface area contributed by atoms with E-state index in [2.05, 4.69) is 20.9 Å². The third-order valence-electron chi connectivity index (χ3n) is 4.11. The Kier molecular flexibility index (Phi) is 3.59. The molecule has 0 amide bonds. The number of carbonyl (C=O) groups excluding carboxylic acids is 1. The smallest absolute Gasteiger partial charge is 0.135 e. The van der Waals surface area contributed by atoms with Gasteiger partial charge in [0.15, 0.2) is 0 Å². The molecule has 6 nitrogen and oxygen atoms in total. The SMILES string of the molecule is Nc1coc(C(c2cc3cncnc3s2)N2CCC(=O)CC2)c1. The van der Waals surface area contributed by atoms with Gasteiger partial charge in [-0.25, -0.2) is 9.97 Å². The number of Topliss-reactive ketones (excluding diaryl/α,β-unsaturated/α-hetero) is 1. The van der Waals surface area contributed by atoms with E-state index in [0.717, 1.165) is 33.9 Å². The second kappa shape index (κ2) is 5.75. The van der Waals surface area contributed by atoms with Gasteiger partial charge in [0, 0.05) is 48.5 Å². The number of ketones is 1. The van der Waals surface area contributed by atoms with Crippen molar-refractivity contribution in [2.24, 2.45) is 0 Å². The number of nitrogens with zero attached hydrogens (tertiary/aromatic N) is 3. The summed E-state index contributed by atoms with van der Waals surface area (Å²) in [5.41, 5.74) is 6.45. The molecule has 1 saturated heterocycles. The van der Waals surface area contributed by atoms with E-state index in [9.17, 15) is 4.79 Å². The first-order chi connectivity index (χ1) is 11.2. The van der Waals surface area contributed by atoms with Crippen LogP contribution in [-0.2, 0) is 4.79 Å². The quantitative estimate of drug-likeness (QED) is 0.795. The molecule has 0 radical (unpaired) electrons. The standard InChI is InChI=1S/C16H16N4O2S/c17-11-6-13(22-8-11)15(20-3-1-12(21)2-4-20)14-5-10-7-18-9-19-16(10)23-14/h5-9,15H,1-4,17H2. The van der Waals surface area contributed by atoms with Crippen LogP contribution in [0.15, 0.2) is 35.3 Å². The summed E-state index contributed by atoms with van der Waals surface area (Å²) >= 11 is 1.63. The highest BCUT2D eigenvalue weighted by molar-refractivity contribution is 7.18. The van der Waals surface area contributed by atoms with Crippen LogP contribution in [0.3, 0.4) is 0 Å². The van der Waals surface area contributed by atoms with E-state index in [4.69, 9.17) is 10.2 Å². The Labute approximate surface area is 136 Å². The van der Waals surface area contributed by atoms with E-state index in [1.165, 1.54) is 0 Å². The molecule has 0 aromatic carbocycles. The van der Waals surface area contributed by atoms with Gasteiger partial charge in [0.2, 0.25) is 0 Å². The fourth-order valence-electron chi connectivity index (χ4n) is 2.99. The lowest BCUT2D eigenvalue weighted by atomic mass is 10.0. The number of carbonyl (C=O) groups is 1. The van der Waals surface area contributed by atoms with Crippen LogP contribution < -0.4 is 5.73 Å². The van der Waals surface area contributed by atoms with Gasteiger partial charge in [-0.3, -0.25) is 9.69 Å². The molecule has 1 fully saturated rings. The fraction of sp³-hybridized carbons (Fsp3) is 0.312. The largest absolute Gasteiger partial charge is 0.465 e. The van der Waals surface area contributed by atoms with Crippen LogP contribution in [0.1, 0.15) is 29.5 Å². The number of anilines is 1. The van der Waals surface area contributed by atoms with Crippen molar-refractivity contribution in [3.8, 4) is 0 Å². The average Bonchev–Trinajstić information content (AvgIpc) is 3.16. The zero-order valence-electron chi connectivity index (χ0n) is 12.4. The molecule has 1 atom stereocenters. The Hall–Kier alpha value is -2.25. The van der Waals surface area contributed by atoms with Gasteiger partial charge in [0.05, 0.1) is 5.69 Å². The maximum Gasteiger partial charge on any atom is 0.135 e. The number of hydrogen-bond acceptors (Lipinski definition) is 7. The van der Waals surface area contributed by atoms with Crippen molar-refractivity contribution in [2.75, 3.05) is 18.8 Å². The molecule has 4 rings (SSSR count). The molecular formula is C16H16N4O2S. The first-order valence-electron chi connectivity index (χ1n) is 7.50. The molecular weight excluding hydrogens is 312 g/mol. The Morgan fingerprint density at radius 3 is 2.83 bits per heavy atom. The third-order valence-corrected chi connectivity index (χ3v) is 5.23. The highest BCUT2D eigenvalue weighted by Gasteiger charge is 2.30. The van der Waals surface area contributed by atoms with E-state index >= 15 is 0 Å². The van der Waals surface area contributed by atoms with Crippen LogP contribution in [0.25, 0.3) is 10.2 Å². The maximum atomic E-state index is 11.6. The number of rotatable bonds is 3. The predicted molar refractivity (Wildman–Crippen MR) is 88.2 cm³/mol. The number of likely N-dealkylation sites (tertiary alicyclic amines) is 1. The van der Waals surface area contributed by atoms with Crippen LogP contribution in [0.5, 0.6) is 0 Å². The minimum absolute atomic E-state index is 0.0420. The summed E-state index contributed by atoms with van der Waals surface area (Å²) in [5.74, 6) is 1.12. The molecule has 1 aliphatic heterocycles. The van der Waals surface area contributed by atoms with Crippen molar-refractivity contribution < 1.29 is 9.21 Å².